The number of nitrogens with two attached hydrogens (primary N) is 1. The summed E-state index contributed by atoms with van der Waals surface area (Å²) >= 11 is 6.08. The highest BCUT2D eigenvalue weighted by molar-refractivity contribution is 6.32. The van der Waals surface area contributed by atoms with Crippen LogP contribution in [0.25, 0.3) is 23.5 Å². The highest BCUT2D eigenvalue weighted by Crippen LogP contribution is 2.23. The van der Waals surface area contributed by atoms with Crippen LogP contribution < -0.4 is 5.73 Å². The number of hydrogen-bond donors (Lipinski definition) is 1. The van der Waals surface area contributed by atoms with Crippen molar-refractivity contribution in [2.75, 3.05) is 5.73 Å². The summed E-state index contributed by atoms with van der Waals surface area (Å²) in [6, 6.07) is 14.9. The standard InChI is InChI=1S/C16H12ClN3O/c17-13-7-3-1-5-11(13)9-10-15-19-16(20-21-15)12-6-2-4-8-14(12)18/h1-10H,18H2/b10-9+. The van der Waals surface area contributed by atoms with Gasteiger partial charge in [-0.1, -0.05) is 47.1 Å². The molecule has 0 bridgehead atoms. The van der Waals surface area contributed by atoms with E-state index in [1.54, 1.807) is 12.1 Å². The van der Waals surface area contributed by atoms with Crippen molar-refractivity contribution in [1.82, 2.24) is 10.1 Å². The van der Waals surface area contributed by atoms with Gasteiger partial charge in [0.2, 0.25) is 5.82 Å². The number of halogens is 1. The third kappa shape index (κ3) is 2.95. The van der Waals surface area contributed by atoms with Gasteiger partial charge in [0.15, 0.2) is 0 Å². The van der Waals surface area contributed by atoms with E-state index in [-0.39, 0.29) is 0 Å². The largest absolute Gasteiger partial charge is 0.398 e. The number of aromatic nitrogens is 2. The molecule has 2 aromatic carbocycles. The summed E-state index contributed by atoms with van der Waals surface area (Å²) in [4.78, 5) is 4.30. The van der Waals surface area contributed by atoms with Crippen LogP contribution in [0.4, 0.5) is 5.69 Å². The fourth-order valence-electron chi connectivity index (χ4n) is 1.88. The molecule has 5 heteroatoms. The molecule has 1 aromatic heterocycles. The molecule has 0 aliphatic carbocycles. The number of nitrogen functional groups attached to an aromatic ring is 1. The SMILES string of the molecule is Nc1ccccc1-c1noc(/C=C/c2ccccc2Cl)n1. The van der Waals surface area contributed by atoms with Crippen LogP contribution in [0.2, 0.25) is 5.02 Å². The van der Waals surface area contributed by atoms with E-state index in [2.05, 4.69) is 10.1 Å². The van der Waals surface area contributed by atoms with Gasteiger partial charge in [0.05, 0.1) is 0 Å². The predicted octanol–water partition coefficient (Wildman–Crippen LogP) is 4.14. The maximum absolute atomic E-state index is 6.08. The minimum absolute atomic E-state index is 0.396. The van der Waals surface area contributed by atoms with Crippen LogP contribution >= 0.6 is 11.6 Å². The third-order valence-electron chi connectivity index (χ3n) is 2.95. The molecular weight excluding hydrogens is 286 g/mol. The van der Waals surface area contributed by atoms with Gasteiger partial charge in [0, 0.05) is 22.3 Å². The van der Waals surface area contributed by atoms with Crippen LogP contribution in [0.3, 0.4) is 0 Å². The fourth-order valence-corrected chi connectivity index (χ4v) is 2.08. The smallest absolute Gasteiger partial charge is 0.250 e. The van der Waals surface area contributed by atoms with E-state index in [9.17, 15) is 0 Å². The summed E-state index contributed by atoms with van der Waals surface area (Å²) in [6.07, 6.45) is 3.55. The summed E-state index contributed by atoms with van der Waals surface area (Å²) in [5.41, 5.74) is 8.14. The van der Waals surface area contributed by atoms with Gasteiger partial charge in [0.25, 0.3) is 5.89 Å². The second-order valence-corrected chi connectivity index (χ2v) is 4.81. The third-order valence-corrected chi connectivity index (χ3v) is 3.30. The summed E-state index contributed by atoms with van der Waals surface area (Å²) in [5, 5.41) is 4.60. The molecule has 0 saturated carbocycles. The Morgan fingerprint density at radius 2 is 1.76 bits per heavy atom. The van der Waals surface area contributed by atoms with Crippen LogP contribution in [0.1, 0.15) is 11.5 Å². The molecule has 3 rings (SSSR count). The van der Waals surface area contributed by atoms with Crippen molar-refractivity contribution in [3.05, 3.63) is 65.0 Å². The Morgan fingerprint density at radius 1 is 1.00 bits per heavy atom. The van der Waals surface area contributed by atoms with E-state index in [0.29, 0.717) is 22.4 Å². The Morgan fingerprint density at radius 3 is 2.57 bits per heavy atom. The molecule has 0 fully saturated rings. The lowest BCUT2D eigenvalue weighted by Gasteiger charge is -1.97. The predicted molar refractivity (Wildman–Crippen MR) is 84.5 cm³/mol. The van der Waals surface area contributed by atoms with Gasteiger partial charge in [-0.2, -0.15) is 4.98 Å². The normalized spacial score (nSPS) is 11.1. The van der Waals surface area contributed by atoms with E-state index in [4.69, 9.17) is 21.9 Å². The van der Waals surface area contributed by atoms with Gasteiger partial charge in [-0.25, -0.2) is 0 Å². The molecular formula is C16H12ClN3O. The van der Waals surface area contributed by atoms with Crippen molar-refractivity contribution in [1.29, 1.82) is 0 Å². The Hall–Kier alpha value is -2.59. The lowest BCUT2D eigenvalue weighted by atomic mass is 10.2. The Bertz CT molecular complexity index is 795. The summed E-state index contributed by atoms with van der Waals surface area (Å²) < 4.78 is 5.19. The first-order valence-corrected chi connectivity index (χ1v) is 6.73. The molecule has 2 N–H and O–H groups in total. The van der Waals surface area contributed by atoms with Crippen molar-refractivity contribution in [2.45, 2.75) is 0 Å². The van der Waals surface area contributed by atoms with Gasteiger partial charge in [-0.15, -0.1) is 0 Å². The molecule has 0 atom stereocenters. The van der Waals surface area contributed by atoms with Crippen molar-refractivity contribution >= 4 is 29.4 Å². The molecule has 0 spiro atoms. The van der Waals surface area contributed by atoms with Crippen molar-refractivity contribution in [3.8, 4) is 11.4 Å². The zero-order valence-electron chi connectivity index (χ0n) is 11.0. The Balaban J connectivity index is 1.86. The van der Waals surface area contributed by atoms with E-state index >= 15 is 0 Å². The van der Waals surface area contributed by atoms with Gasteiger partial charge < -0.3 is 10.3 Å². The maximum atomic E-state index is 6.08. The monoisotopic (exact) mass is 297 g/mol. The van der Waals surface area contributed by atoms with Gasteiger partial charge >= 0.3 is 0 Å². The number of rotatable bonds is 3. The second-order valence-electron chi connectivity index (χ2n) is 4.40. The molecule has 0 aliphatic rings. The van der Waals surface area contributed by atoms with Crippen LogP contribution in [0, 0.1) is 0 Å². The molecule has 0 aliphatic heterocycles. The highest BCUT2D eigenvalue weighted by Gasteiger charge is 2.09. The van der Waals surface area contributed by atoms with E-state index in [1.807, 2.05) is 48.5 Å². The Labute approximate surface area is 126 Å². The number of benzene rings is 2. The lowest BCUT2D eigenvalue weighted by molar-refractivity contribution is 0.411. The zero-order valence-corrected chi connectivity index (χ0v) is 11.8. The molecule has 3 aromatic rings. The van der Waals surface area contributed by atoms with Crippen molar-refractivity contribution in [3.63, 3.8) is 0 Å². The van der Waals surface area contributed by atoms with Crippen LogP contribution in [-0.2, 0) is 0 Å². The first-order valence-electron chi connectivity index (χ1n) is 6.35. The molecule has 0 amide bonds. The van der Waals surface area contributed by atoms with Crippen LogP contribution in [-0.4, -0.2) is 10.1 Å². The minimum Gasteiger partial charge on any atom is -0.398 e. The molecule has 4 nitrogen and oxygen atoms in total. The first-order chi connectivity index (χ1) is 10.2. The molecule has 0 saturated heterocycles. The zero-order chi connectivity index (χ0) is 14.7. The van der Waals surface area contributed by atoms with E-state index in [1.165, 1.54) is 0 Å². The molecule has 1 heterocycles. The molecule has 0 unspecified atom stereocenters. The lowest BCUT2D eigenvalue weighted by Crippen LogP contribution is -1.90. The molecule has 21 heavy (non-hydrogen) atoms. The summed E-state index contributed by atoms with van der Waals surface area (Å²) in [7, 11) is 0. The van der Waals surface area contributed by atoms with Gasteiger partial charge in [-0.05, 0) is 29.8 Å². The van der Waals surface area contributed by atoms with Crippen molar-refractivity contribution in [2.24, 2.45) is 0 Å². The second kappa shape index (κ2) is 5.81. The average molecular weight is 298 g/mol. The topological polar surface area (TPSA) is 64.9 Å². The van der Waals surface area contributed by atoms with Gasteiger partial charge in [0.1, 0.15) is 0 Å². The quantitative estimate of drug-likeness (QED) is 0.738. The van der Waals surface area contributed by atoms with E-state index in [0.717, 1.165) is 11.1 Å². The van der Waals surface area contributed by atoms with Crippen molar-refractivity contribution < 1.29 is 4.52 Å². The number of hydrogen-bond acceptors (Lipinski definition) is 4. The molecule has 0 radical (unpaired) electrons. The highest BCUT2D eigenvalue weighted by atomic mass is 35.5. The number of anilines is 1. The first kappa shape index (κ1) is 13.4. The number of para-hydroxylation sites is 1. The summed E-state index contributed by atoms with van der Waals surface area (Å²) in [6.45, 7) is 0. The van der Waals surface area contributed by atoms with Gasteiger partial charge in [-0.3, -0.25) is 0 Å². The maximum Gasteiger partial charge on any atom is 0.250 e. The minimum atomic E-state index is 0.396. The van der Waals surface area contributed by atoms with Crippen LogP contribution in [0.5, 0.6) is 0 Å². The Kier molecular flexibility index (Phi) is 3.71. The van der Waals surface area contributed by atoms with Crippen LogP contribution in [0.15, 0.2) is 53.1 Å². The summed E-state index contributed by atoms with van der Waals surface area (Å²) in [5.74, 6) is 0.861. The average Bonchev–Trinajstić information content (AvgIpc) is 2.96. The fraction of sp³-hybridized carbons (Fsp3) is 0. The number of nitrogens with zero attached hydrogens (tertiary/aromatic N) is 2. The molecule has 104 valence electrons. The van der Waals surface area contributed by atoms with E-state index < -0.39 is 0 Å².